The van der Waals surface area contributed by atoms with Gasteiger partial charge in [-0.3, -0.25) is 4.79 Å². The van der Waals surface area contributed by atoms with E-state index in [1.54, 1.807) is 0 Å². The van der Waals surface area contributed by atoms with E-state index in [2.05, 4.69) is 46.4 Å². The molecule has 1 aromatic heterocycles. The SMILES string of the molecule is CCOc1ccc2[nH]c(=O)c(CNc3ccc(N4CCC[C@H](C)C4)cc3)cc2c1. The first-order valence-electron chi connectivity index (χ1n) is 10.5. The Morgan fingerprint density at radius 3 is 2.76 bits per heavy atom. The van der Waals surface area contributed by atoms with E-state index in [-0.39, 0.29) is 5.56 Å². The number of aromatic nitrogens is 1. The molecule has 29 heavy (non-hydrogen) atoms. The Morgan fingerprint density at radius 1 is 1.17 bits per heavy atom. The van der Waals surface area contributed by atoms with Crippen LogP contribution in [0.1, 0.15) is 32.3 Å². The van der Waals surface area contributed by atoms with Crippen molar-refractivity contribution in [2.24, 2.45) is 5.92 Å². The third kappa shape index (κ3) is 4.56. The van der Waals surface area contributed by atoms with Gasteiger partial charge >= 0.3 is 0 Å². The van der Waals surface area contributed by atoms with Gasteiger partial charge < -0.3 is 19.9 Å². The number of hydrogen-bond acceptors (Lipinski definition) is 4. The lowest BCUT2D eigenvalue weighted by Crippen LogP contribution is -2.34. The second-order valence-corrected chi connectivity index (χ2v) is 7.90. The number of ether oxygens (including phenoxy) is 1. The number of anilines is 2. The largest absolute Gasteiger partial charge is 0.494 e. The lowest BCUT2D eigenvalue weighted by atomic mass is 10.00. The highest BCUT2D eigenvalue weighted by Crippen LogP contribution is 2.24. The zero-order valence-corrected chi connectivity index (χ0v) is 17.2. The summed E-state index contributed by atoms with van der Waals surface area (Å²) in [4.78, 5) is 17.8. The molecule has 1 atom stereocenters. The van der Waals surface area contributed by atoms with Crippen molar-refractivity contribution >= 4 is 22.3 Å². The molecule has 0 unspecified atom stereocenters. The highest BCUT2D eigenvalue weighted by atomic mass is 16.5. The highest BCUT2D eigenvalue weighted by Gasteiger charge is 2.16. The first kappa shape index (κ1) is 19.4. The molecule has 2 N–H and O–H groups in total. The Hall–Kier alpha value is -2.95. The number of nitrogens with one attached hydrogen (secondary N) is 2. The smallest absolute Gasteiger partial charge is 0.253 e. The Morgan fingerprint density at radius 2 is 2.00 bits per heavy atom. The van der Waals surface area contributed by atoms with Crippen molar-refractivity contribution in [1.29, 1.82) is 0 Å². The minimum atomic E-state index is -0.0620. The van der Waals surface area contributed by atoms with Crippen LogP contribution in [0.5, 0.6) is 5.75 Å². The van der Waals surface area contributed by atoms with Gasteiger partial charge in [0.05, 0.1) is 6.61 Å². The average molecular weight is 392 g/mol. The fraction of sp³-hybridized carbons (Fsp3) is 0.375. The molecule has 0 aliphatic carbocycles. The molecule has 0 saturated carbocycles. The molecule has 0 bridgehead atoms. The summed E-state index contributed by atoms with van der Waals surface area (Å²) in [7, 11) is 0. The van der Waals surface area contributed by atoms with E-state index in [1.807, 2.05) is 31.2 Å². The van der Waals surface area contributed by atoms with E-state index in [4.69, 9.17) is 4.74 Å². The van der Waals surface area contributed by atoms with Crippen molar-refractivity contribution < 1.29 is 4.74 Å². The van der Waals surface area contributed by atoms with Gasteiger partial charge in [-0.25, -0.2) is 0 Å². The Labute approximate surface area is 171 Å². The van der Waals surface area contributed by atoms with Crippen LogP contribution in [0.2, 0.25) is 0 Å². The summed E-state index contributed by atoms with van der Waals surface area (Å²) < 4.78 is 5.57. The molecule has 152 valence electrons. The molecule has 1 saturated heterocycles. The second kappa shape index (κ2) is 8.60. The van der Waals surface area contributed by atoms with Gasteiger partial charge in [-0.15, -0.1) is 0 Å². The molecule has 3 aromatic rings. The Bertz CT molecular complexity index is 1030. The summed E-state index contributed by atoms with van der Waals surface area (Å²) in [5, 5.41) is 4.35. The van der Waals surface area contributed by atoms with E-state index in [0.717, 1.165) is 41.3 Å². The maximum Gasteiger partial charge on any atom is 0.253 e. The van der Waals surface area contributed by atoms with Gasteiger partial charge in [-0.05, 0) is 74.2 Å². The lowest BCUT2D eigenvalue weighted by Gasteiger charge is -2.32. The van der Waals surface area contributed by atoms with Gasteiger partial charge in [-0.1, -0.05) is 6.92 Å². The van der Waals surface area contributed by atoms with Crippen molar-refractivity contribution in [2.45, 2.75) is 33.2 Å². The van der Waals surface area contributed by atoms with Crippen molar-refractivity contribution in [3.8, 4) is 5.75 Å². The molecule has 1 aliphatic heterocycles. The molecule has 1 aliphatic rings. The molecule has 0 spiro atoms. The number of nitrogens with zero attached hydrogens (tertiary/aromatic N) is 1. The van der Waals surface area contributed by atoms with Crippen LogP contribution in [0.3, 0.4) is 0 Å². The van der Waals surface area contributed by atoms with E-state index in [9.17, 15) is 4.79 Å². The summed E-state index contributed by atoms with van der Waals surface area (Å²) in [6.45, 7) is 7.64. The maximum atomic E-state index is 12.4. The minimum absolute atomic E-state index is 0.0620. The van der Waals surface area contributed by atoms with Gasteiger partial charge in [0.1, 0.15) is 5.75 Å². The number of fused-ring (bicyclic) bond motifs is 1. The first-order valence-corrected chi connectivity index (χ1v) is 10.5. The number of benzene rings is 2. The van der Waals surface area contributed by atoms with Gasteiger partial charge in [0.25, 0.3) is 5.56 Å². The zero-order valence-electron chi connectivity index (χ0n) is 17.2. The van der Waals surface area contributed by atoms with Crippen LogP contribution < -0.4 is 20.5 Å². The van der Waals surface area contributed by atoms with Crippen LogP contribution in [-0.4, -0.2) is 24.7 Å². The second-order valence-electron chi connectivity index (χ2n) is 7.90. The number of aromatic amines is 1. The molecule has 5 nitrogen and oxygen atoms in total. The van der Waals surface area contributed by atoms with Crippen LogP contribution in [0.4, 0.5) is 11.4 Å². The molecule has 0 amide bonds. The molecule has 0 radical (unpaired) electrons. The molecule has 4 rings (SSSR count). The Kier molecular flexibility index (Phi) is 5.74. The molecule has 2 heterocycles. The number of piperidine rings is 1. The number of hydrogen-bond donors (Lipinski definition) is 2. The van der Waals surface area contributed by atoms with Crippen LogP contribution in [-0.2, 0) is 6.54 Å². The van der Waals surface area contributed by atoms with E-state index >= 15 is 0 Å². The normalized spacial score (nSPS) is 16.8. The van der Waals surface area contributed by atoms with E-state index in [1.165, 1.54) is 18.5 Å². The van der Waals surface area contributed by atoms with Crippen LogP contribution in [0.25, 0.3) is 10.9 Å². The van der Waals surface area contributed by atoms with Gasteiger partial charge in [-0.2, -0.15) is 0 Å². The van der Waals surface area contributed by atoms with Crippen LogP contribution in [0.15, 0.2) is 53.3 Å². The van der Waals surface area contributed by atoms with Gasteiger partial charge in [0.2, 0.25) is 0 Å². The van der Waals surface area contributed by atoms with Crippen molar-refractivity contribution in [3.63, 3.8) is 0 Å². The van der Waals surface area contributed by atoms with Gasteiger partial charge in [0, 0.05) is 47.5 Å². The third-order valence-corrected chi connectivity index (χ3v) is 5.58. The standard InChI is InChI=1S/C24H29N3O2/c1-3-29-22-10-11-23-18(14-22)13-19(24(28)26-23)15-25-20-6-8-21(9-7-20)27-12-4-5-17(2)16-27/h6-11,13-14,17,25H,3-5,12,15-16H2,1-2H3,(H,26,28)/t17-/m0/s1. The molecule has 2 aromatic carbocycles. The summed E-state index contributed by atoms with van der Waals surface area (Å²) in [5.41, 5.74) is 3.76. The van der Waals surface area contributed by atoms with Gasteiger partial charge in [0.15, 0.2) is 0 Å². The predicted octanol–water partition coefficient (Wildman–Crippen LogP) is 4.78. The topological polar surface area (TPSA) is 57.4 Å². The maximum absolute atomic E-state index is 12.4. The van der Waals surface area contributed by atoms with Crippen molar-refractivity contribution in [3.05, 3.63) is 64.4 Å². The number of pyridine rings is 1. The zero-order chi connectivity index (χ0) is 20.2. The molecule has 5 heteroatoms. The van der Waals surface area contributed by atoms with E-state index in [0.29, 0.717) is 18.7 Å². The fourth-order valence-corrected chi connectivity index (χ4v) is 4.03. The quantitative estimate of drug-likeness (QED) is 0.635. The lowest BCUT2D eigenvalue weighted by molar-refractivity contribution is 0.340. The van der Waals surface area contributed by atoms with Crippen LogP contribution in [0, 0.1) is 5.92 Å². The molecular weight excluding hydrogens is 362 g/mol. The highest BCUT2D eigenvalue weighted by molar-refractivity contribution is 5.80. The summed E-state index contributed by atoms with van der Waals surface area (Å²) in [5.74, 6) is 1.57. The minimum Gasteiger partial charge on any atom is -0.494 e. The third-order valence-electron chi connectivity index (χ3n) is 5.58. The summed E-state index contributed by atoms with van der Waals surface area (Å²) in [6, 6.07) is 16.2. The monoisotopic (exact) mass is 391 g/mol. The number of H-pyrrole nitrogens is 1. The average Bonchev–Trinajstić information content (AvgIpc) is 2.73. The predicted molar refractivity (Wildman–Crippen MR) is 120 cm³/mol. The first-order chi connectivity index (χ1) is 14.1. The number of rotatable bonds is 6. The van der Waals surface area contributed by atoms with Crippen molar-refractivity contribution in [2.75, 3.05) is 29.9 Å². The molecule has 1 fully saturated rings. The van der Waals surface area contributed by atoms with Crippen LogP contribution >= 0.6 is 0 Å². The summed E-state index contributed by atoms with van der Waals surface area (Å²) >= 11 is 0. The Balaban J connectivity index is 1.46. The summed E-state index contributed by atoms with van der Waals surface area (Å²) in [6.07, 6.45) is 2.58. The fourth-order valence-electron chi connectivity index (χ4n) is 4.03. The van der Waals surface area contributed by atoms with Crippen molar-refractivity contribution in [1.82, 2.24) is 4.98 Å². The molecular formula is C24H29N3O2. The van der Waals surface area contributed by atoms with E-state index < -0.39 is 0 Å².